The zero-order valence-corrected chi connectivity index (χ0v) is 22.9. The number of carboxylic acids is 1. The number of hydrogen-bond donors (Lipinski definition) is 1. The Morgan fingerprint density at radius 3 is 2.56 bits per heavy atom. The number of rotatable bonds is 6. The lowest BCUT2D eigenvalue weighted by molar-refractivity contribution is 0.0696. The highest BCUT2D eigenvalue weighted by Gasteiger charge is 2.19. The maximum absolute atomic E-state index is 13.7. The summed E-state index contributed by atoms with van der Waals surface area (Å²) in [5.41, 5.74) is 5.34. The summed E-state index contributed by atoms with van der Waals surface area (Å²) in [4.78, 5) is 29.9. The molecule has 0 aliphatic rings. The zero-order chi connectivity index (χ0) is 28.8. The lowest BCUT2D eigenvalue weighted by Crippen LogP contribution is -2.20. The predicted molar refractivity (Wildman–Crippen MR) is 158 cm³/mol. The minimum atomic E-state index is -0.971. The average molecular weight is 547 g/mol. The van der Waals surface area contributed by atoms with E-state index in [1.54, 1.807) is 55.8 Å². The summed E-state index contributed by atoms with van der Waals surface area (Å²) >= 11 is 0. The third kappa shape index (κ3) is 4.37. The summed E-state index contributed by atoms with van der Waals surface area (Å²) in [6, 6.07) is 21.4. The number of nitrogens with zero attached hydrogens (tertiary/aromatic N) is 4. The minimum absolute atomic E-state index is 0.231. The van der Waals surface area contributed by atoms with Crippen LogP contribution >= 0.6 is 0 Å². The Bertz CT molecular complexity index is 2080. The van der Waals surface area contributed by atoms with Crippen LogP contribution in [0.3, 0.4) is 0 Å². The van der Waals surface area contributed by atoms with Crippen LogP contribution in [0, 0.1) is 20.8 Å². The summed E-state index contributed by atoms with van der Waals surface area (Å²) < 4.78 is 14.9. The molecule has 41 heavy (non-hydrogen) atoms. The standard InChI is InChI=1S/C32H26N4O5/c1-18-14-21(32(38)39)12-13-26(18)35-19(2)15-22(20(35)3)17-33-36-30(34-25-9-6-5-8-23(25)31(36)37)29-16-24-27(40-4)10-7-11-28(24)41-29/h5-17H,1-4H3,(H,38,39). The van der Waals surface area contributed by atoms with Gasteiger partial charge < -0.3 is 18.8 Å². The van der Waals surface area contributed by atoms with Crippen molar-refractivity contribution in [3.05, 3.63) is 111 Å². The fourth-order valence-electron chi connectivity index (χ4n) is 5.16. The predicted octanol–water partition coefficient (Wildman–Crippen LogP) is 6.11. The van der Waals surface area contributed by atoms with E-state index in [1.165, 1.54) is 4.68 Å². The maximum Gasteiger partial charge on any atom is 0.335 e. The first-order valence-electron chi connectivity index (χ1n) is 12.9. The Balaban J connectivity index is 1.50. The second kappa shape index (κ2) is 9.95. The Labute approximate surface area is 234 Å². The number of ether oxygens (including phenoxy) is 1. The van der Waals surface area contributed by atoms with E-state index in [4.69, 9.17) is 14.1 Å². The number of fused-ring (bicyclic) bond motifs is 2. The molecule has 0 saturated carbocycles. The zero-order valence-electron chi connectivity index (χ0n) is 22.9. The van der Waals surface area contributed by atoms with Crippen LogP contribution in [0.2, 0.25) is 0 Å². The van der Waals surface area contributed by atoms with Crippen molar-refractivity contribution < 1.29 is 19.1 Å². The first-order valence-corrected chi connectivity index (χ1v) is 12.9. The summed E-state index contributed by atoms with van der Waals surface area (Å²) in [5, 5.41) is 15.2. The number of aryl methyl sites for hydroxylation is 2. The first kappa shape index (κ1) is 25.8. The first-order chi connectivity index (χ1) is 19.8. The molecular formula is C32H26N4O5. The Morgan fingerprint density at radius 1 is 1.00 bits per heavy atom. The minimum Gasteiger partial charge on any atom is -0.496 e. The van der Waals surface area contributed by atoms with Crippen molar-refractivity contribution in [3.8, 4) is 23.0 Å². The highest BCUT2D eigenvalue weighted by Crippen LogP contribution is 2.33. The van der Waals surface area contributed by atoms with Gasteiger partial charge in [-0.25, -0.2) is 9.78 Å². The van der Waals surface area contributed by atoms with Gasteiger partial charge in [0.1, 0.15) is 11.3 Å². The topological polar surface area (TPSA) is 112 Å². The lowest BCUT2D eigenvalue weighted by Gasteiger charge is -2.13. The van der Waals surface area contributed by atoms with Crippen molar-refractivity contribution in [2.45, 2.75) is 20.8 Å². The summed E-state index contributed by atoms with van der Waals surface area (Å²) in [6.07, 6.45) is 1.63. The number of carboxylic acid groups (broad SMARTS) is 1. The van der Waals surface area contributed by atoms with Crippen molar-refractivity contribution in [2.75, 3.05) is 7.11 Å². The van der Waals surface area contributed by atoms with Crippen molar-refractivity contribution in [1.82, 2.24) is 14.2 Å². The smallest absolute Gasteiger partial charge is 0.335 e. The molecule has 0 amide bonds. The molecule has 9 heteroatoms. The lowest BCUT2D eigenvalue weighted by atomic mass is 10.1. The second-order valence-corrected chi connectivity index (χ2v) is 9.77. The summed E-state index contributed by atoms with van der Waals surface area (Å²) in [6.45, 7) is 5.79. The van der Waals surface area contributed by atoms with Gasteiger partial charge in [-0.05, 0) is 80.9 Å². The molecule has 3 aromatic heterocycles. The number of aromatic carboxylic acids is 1. The molecule has 0 unspecified atom stereocenters. The molecule has 0 fully saturated rings. The van der Waals surface area contributed by atoms with Crippen LogP contribution in [0.15, 0.2) is 87.1 Å². The van der Waals surface area contributed by atoms with Crippen LogP contribution in [-0.4, -0.2) is 38.6 Å². The van der Waals surface area contributed by atoms with E-state index in [2.05, 4.69) is 5.10 Å². The molecule has 1 N–H and O–H groups in total. The molecule has 0 aliphatic heterocycles. The number of para-hydroxylation sites is 1. The van der Waals surface area contributed by atoms with E-state index in [0.29, 0.717) is 28.0 Å². The molecular weight excluding hydrogens is 520 g/mol. The van der Waals surface area contributed by atoms with E-state index in [1.807, 2.05) is 55.7 Å². The normalized spacial score (nSPS) is 11.6. The van der Waals surface area contributed by atoms with Gasteiger partial charge in [0.05, 0.1) is 35.2 Å². The molecule has 0 spiro atoms. The Hall–Kier alpha value is -5.44. The molecule has 3 aromatic carbocycles. The number of benzene rings is 3. The van der Waals surface area contributed by atoms with E-state index >= 15 is 0 Å². The molecule has 3 heterocycles. The average Bonchev–Trinajstić information content (AvgIpc) is 3.52. The van der Waals surface area contributed by atoms with Crippen LogP contribution < -0.4 is 10.3 Å². The number of furan rings is 1. The molecule has 0 aliphatic carbocycles. The van der Waals surface area contributed by atoms with Crippen LogP contribution in [-0.2, 0) is 0 Å². The highest BCUT2D eigenvalue weighted by atomic mass is 16.5. The number of hydrogen-bond acceptors (Lipinski definition) is 6. The van der Waals surface area contributed by atoms with E-state index in [9.17, 15) is 14.7 Å². The molecule has 0 radical (unpaired) electrons. The molecule has 204 valence electrons. The van der Waals surface area contributed by atoms with Gasteiger partial charge in [-0.3, -0.25) is 4.79 Å². The monoisotopic (exact) mass is 546 g/mol. The number of methoxy groups -OCH3 is 1. The Morgan fingerprint density at radius 2 is 1.80 bits per heavy atom. The maximum atomic E-state index is 13.7. The summed E-state index contributed by atoms with van der Waals surface area (Å²) in [7, 11) is 1.59. The van der Waals surface area contributed by atoms with Crippen molar-refractivity contribution in [2.24, 2.45) is 5.10 Å². The van der Waals surface area contributed by atoms with Crippen molar-refractivity contribution in [3.63, 3.8) is 0 Å². The van der Waals surface area contributed by atoms with E-state index in [-0.39, 0.29) is 16.9 Å². The fraction of sp³-hybridized carbons (Fsp3) is 0.125. The molecule has 0 atom stereocenters. The quantitative estimate of drug-likeness (QED) is 0.252. The van der Waals surface area contributed by atoms with Gasteiger partial charge in [0.15, 0.2) is 5.76 Å². The molecule has 0 bridgehead atoms. The molecule has 0 saturated heterocycles. The molecule has 6 rings (SSSR count). The van der Waals surface area contributed by atoms with Crippen LogP contribution in [0.4, 0.5) is 0 Å². The number of aromatic nitrogens is 3. The number of carbonyl (C=O) groups is 1. The van der Waals surface area contributed by atoms with Gasteiger partial charge in [-0.2, -0.15) is 9.78 Å². The van der Waals surface area contributed by atoms with Crippen LogP contribution in [0.25, 0.3) is 39.1 Å². The van der Waals surface area contributed by atoms with Crippen molar-refractivity contribution >= 4 is 34.1 Å². The molecule has 6 aromatic rings. The SMILES string of the molecule is COc1cccc2oc(-c3nc4ccccc4c(=O)n3N=Cc3cc(C)n(-c4ccc(C(=O)O)cc4C)c3C)cc12. The van der Waals surface area contributed by atoms with Gasteiger partial charge >= 0.3 is 5.97 Å². The van der Waals surface area contributed by atoms with E-state index < -0.39 is 5.97 Å². The van der Waals surface area contributed by atoms with Crippen molar-refractivity contribution in [1.29, 1.82) is 0 Å². The summed E-state index contributed by atoms with van der Waals surface area (Å²) in [5.74, 6) is 0.317. The largest absolute Gasteiger partial charge is 0.496 e. The van der Waals surface area contributed by atoms with Gasteiger partial charge in [-0.15, -0.1) is 0 Å². The van der Waals surface area contributed by atoms with Gasteiger partial charge in [0.25, 0.3) is 5.56 Å². The van der Waals surface area contributed by atoms with Gasteiger partial charge in [-0.1, -0.05) is 18.2 Å². The molecule has 9 nitrogen and oxygen atoms in total. The van der Waals surface area contributed by atoms with Gasteiger partial charge in [0.2, 0.25) is 5.82 Å². The second-order valence-electron chi connectivity index (χ2n) is 9.77. The van der Waals surface area contributed by atoms with Crippen LogP contribution in [0.5, 0.6) is 5.75 Å². The third-order valence-electron chi connectivity index (χ3n) is 7.18. The fourth-order valence-corrected chi connectivity index (χ4v) is 5.16. The third-order valence-corrected chi connectivity index (χ3v) is 7.18. The van der Waals surface area contributed by atoms with Crippen LogP contribution in [0.1, 0.15) is 32.9 Å². The van der Waals surface area contributed by atoms with Gasteiger partial charge in [0, 0.05) is 22.6 Å². The highest BCUT2D eigenvalue weighted by molar-refractivity contribution is 5.89. The van der Waals surface area contributed by atoms with E-state index in [0.717, 1.165) is 33.6 Å². The Kier molecular flexibility index (Phi) is 6.26.